The van der Waals surface area contributed by atoms with Gasteiger partial charge in [0.25, 0.3) is 0 Å². The van der Waals surface area contributed by atoms with E-state index >= 15 is 0 Å². The van der Waals surface area contributed by atoms with Gasteiger partial charge in [-0.05, 0) is 30.1 Å². The van der Waals surface area contributed by atoms with Crippen molar-refractivity contribution in [1.29, 1.82) is 0 Å². The molecule has 1 aliphatic rings. The molecule has 1 rings (SSSR count). The first-order valence-corrected chi connectivity index (χ1v) is 6.56. The van der Waals surface area contributed by atoms with Crippen LogP contribution in [0.25, 0.3) is 0 Å². The second-order valence-electron chi connectivity index (χ2n) is 7.24. The number of rotatable bonds is 5. The highest BCUT2D eigenvalue weighted by atomic mass is 16.4. The van der Waals surface area contributed by atoms with E-state index in [2.05, 4.69) is 26.1 Å². The van der Waals surface area contributed by atoms with E-state index in [4.69, 9.17) is 5.11 Å². The molecule has 0 heterocycles. The summed E-state index contributed by atoms with van der Waals surface area (Å²) in [6.07, 6.45) is 2.11. The zero-order valence-corrected chi connectivity index (χ0v) is 12.0. The maximum absolute atomic E-state index is 11.9. The quantitative estimate of drug-likeness (QED) is 0.793. The number of carbonyl (C=O) groups is 2. The van der Waals surface area contributed by atoms with Crippen LogP contribution in [0.3, 0.4) is 0 Å². The Balaban J connectivity index is 2.49. The summed E-state index contributed by atoms with van der Waals surface area (Å²) in [6.45, 7) is 10.3. The maximum atomic E-state index is 11.9. The molecule has 1 unspecified atom stereocenters. The van der Waals surface area contributed by atoms with Gasteiger partial charge in [-0.1, -0.05) is 34.6 Å². The molecule has 0 aromatic rings. The van der Waals surface area contributed by atoms with Crippen LogP contribution in [0.1, 0.15) is 53.9 Å². The lowest BCUT2D eigenvalue weighted by Gasteiger charge is -2.21. The summed E-state index contributed by atoms with van der Waals surface area (Å²) >= 11 is 0. The third-order valence-corrected chi connectivity index (χ3v) is 3.63. The molecule has 1 fully saturated rings. The van der Waals surface area contributed by atoms with Crippen LogP contribution in [0, 0.1) is 16.7 Å². The summed E-state index contributed by atoms with van der Waals surface area (Å²) in [6, 6.07) is -0.756. The Morgan fingerprint density at radius 3 is 2.22 bits per heavy atom. The number of aliphatic carboxylic acids is 1. The van der Waals surface area contributed by atoms with Crippen molar-refractivity contribution in [2.75, 3.05) is 0 Å². The van der Waals surface area contributed by atoms with Crippen LogP contribution in [-0.2, 0) is 9.59 Å². The first kappa shape index (κ1) is 15.0. The second kappa shape index (κ2) is 4.90. The Kier molecular flexibility index (Phi) is 4.08. The lowest BCUT2D eigenvalue weighted by Crippen LogP contribution is -2.42. The van der Waals surface area contributed by atoms with Gasteiger partial charge in [0.05, 0.1) is 0 Å². The average molecular weight is 255 g/mol. The Bertz CT molecular complexity index is 341. The predicted octanol–water partition coefficient (Wildman–Crippen LogP) is 2.43. The molecule has 2 atom stereocenters. The Labute approximate surface area is 109 Å². The van der Waals surface area contributed by atoms with Crippen LogP contribution in [0.15, 0.2) is 0 Å². The lowest BCUT2D eigenvalue weighted by molar-refractivity contribution is -0.142. The van der Waals surface area contributed by atoms with Crippen molar-refractivity contribution >= 4 is 11.9 Å². The monoisotopic (exact) mass is 255 g/mol. The minimum atomic E-state index is -0.939. The highest BCUT2D eigenvalue weighted by Crippen LogP contribution is 2.51. The molecule has 0 aromatic heterocycles. The van der Waals surface area contributed by atoms with Crippen molar-refractivity contribution in [2.24, 2.45) is 16.7 Å². The van der Waals surface area contributed by atoms with Gasteiger partial charge < -0.3 is 10.4 Å². The first-order valence-electron chi connectivity index (χ1n) is 6.56. The molecular formula is C14H25NO3. The molecule has 0 bridgehead atoms. The summed E-state index contributed by atoms with van der Waals surface area (Å²) in [5.41, 5.74) is 0.119. The molecule has 1 saturated carbocycles. The van der Waals surface area contributed by atoms with Crippen molar-refractivity contribution in [2.45, 2.75) is 59.9 Å². The molecule has 0 spiro atoms. The van der Waals surface area contributed by atoms with Crippen molar-refractivity contribution in [3.8, 4) is 0 Å². The molecule has 0 aliphatic heterocycles. The number of hydrogen-bond donors (Lipinski definition) is 2. The minimum Gasteiger partial charge on any atom is -0.480 e. The fourth-order valence-electron chi connectivity index (χ4n) is 2.02. The lowest BCUT2D eigenvalue weighted by atomic mass is 9.88. The Morgan fingerprint density at radius 1 is 1.39 bits per heavy atom. The highest BCUT2D eigenvalue weighted by molar-refractivity contribution is 5.87. The van der Waals surface area contributed by atoms with Crippen LogP contribution in [-0.4, -0.2) is 23.0 Å². The van der Waals surface area contributed by atoms with Gasteiger partial charge in [-0.25, -0.2) is 4.79 Å². The fourth-order valence-corrected chi connectivity index (χ4v) is 2.02. The number of carboxylic acids is 1. The summed E-state index contributed by atoms with van der Waals surface area (Å²) < 4.78 is 0. The van der Waals surface area contributed by atoms with Crippen LogP contribution < -0.4 is 5.32 Å². The van der Waals surface area contributed by atoms with Gasteiger partial charge in [0.15, 0.2) is 0 Å². The van der Waals surface area contributed by atoms with Gasteiger partial charge in [-0.3, -0.25) is 4.79 Å². The van der Waals surface area contributed by atoms with E-state index < -0.39 is 12.0 Å². The summed E-state index contributed by atoms with van der Waals surface area (Å²) in [5.74, 6) is -1.07. The molecule has 4 heteroatoms. The number of hydrogen-bond acceptors (Lipinski definition) is 2. The maximum Gasteiger partial charge on any atom is 0.326 e. The standard InChI is InChI=1S/C14H25NO3/c1-13(2,3)7-6-10(12(17)18)15-11(16)9-8-14(9,4)5/h9-10H,6-8H2,1-5H3,(H,15,16)(H,17,18)/t9-,10?/m1/s1. The third kappa shape index (κ3) is 4.31. The van der Waals surface area contributed by atoms with E-state index in [-0.39, 0.29) is 22.7 Å². The van der Waals surface area contributed by atoms with E-state index in [0.29, 0.717) is 6.42 Å². The van der Waals surface area contributed by atoms with Gasteiger partial charge >= 0.3 is 5.97 Å². The van der Waals surface area contributed by atoms with E-state index in [1.165, 1.54) is 0 Å². The second-order valence-corrected chi connectivity index (χ2v) is 7.24. The first-order chi connectivity index (χ1) is 8.03. The molecule has 1 amide bonds. The minimum absolute atomic E-state index is 0.0195. The predicted molar refractivity (Wildman–Crippen MR) is 70.1 cm³/mol. The van der Waals surface area contributed by atoms with Gasteiger partial charge in [0.1, 0.15) is 6.04 Å². The molecule has 0 saturated heterocycles. The molecule has 0 radical (unpaired) electrons. The van der Waals surface area contributed by atoms with Gasteiger partial charge in [0, 0.05) is 5.92 Å². The average Bonchev–Trinajstić information content (AvgIpc) is 2.80. The highest BCUT2D eigenvalue weighted by Gasteiger charge is 2.51. The smallest absolute Gasteiger partial charge is 0.326 e. The molecule has 0 aromatic carbocycles. The number of nitrogens with one attached hydrogen (secondary N) is 1. The number of carbonyl (C=O) groups excluding carboxylic acids is 1. The van der Waals surface area contributed by atoms with Crippen molar-refractivity contribution in [3.05, 3.63) is 0 Å². The van der Waals surface area contributed by atoms with Crippen molar-refractivity contribution in [1.82, 2.24) is 5.32 Å². The van der Waals surface area contributed by atoms with Gasteiger partial charge in [0.2, 0.25) is 5.91 Å². The molecule has 18 heavy (non-hydrogen) atoms. The van der Waals surface area contributed by atoms with E-state index in [1.807, 2.05) is 13.8 Å². The SMILES string of the molecule is CC(C)(C)CCC(NC(=O)[C@H]1CC1(C)C)C(=O)O. The van der Waals surface area contributed by atoms with Crippen LogP contribution >= 0.6 is 0 Å². The van der Waals surface area contributed by atoms with Crippen LogP contribution in [0.4, 0.5) is 0 Å². The fraction of sp³-hybridized carbons (Fsp3) is 0.857. The van der Waals surface area contributed by atoms with Crippen LogP contribution in [0.2, 0.25) is 0 Å². The number of carboxylic acid groups (broad SMARTS) is 1. The van der Waals surface area contributed by atoms with Crippen molar-refractivity contribution < 1.29 is 14.7 Å². The zero-order valence-electron chi connectivity index (χ0n) is 12.0. The third-order valence-electron chi connectivity index (χ3n) is 3.63. The molecule has 104 valence electrons. The Hall–Kier alpha value is -1.06. The van der Waals surface area contributed by atoms with Crippen molar-refractivity contribution in [3.63, 3.8) is 0 Å². The van der Waals surface area contributed by atoms with E-state index in [9.17, 15) is 9.59 Å². The summed E-state index contributed by atoms with van der Waals surface area (Å²) in [5, 5.41) is 11.8. The molecule has 2 N–H and O–H groups in total. The Morgan fingerprint density at radius 2 is 1.89 bits per heavy atom. The van der Waals surface area contributed by atoms with Crippen LogP contribution in [0.5, 0.6) is 0 Å². The van der Waals surface area contributed by atoms with Gasteiger partial charge in [-0.2, -0.15) is 0 Å². The van der Waals surface area contributed by atoms with E-state index in [0.717, 1.165) is 12.8 Å². The topological polar surface area (TPSA) is 66.4 Å². The normalized spacial score (nSPS) is 23.3. The molecule has 4 nitrogen and oxygen atoms in total. The van der Waals surface area contributed by atoms with Gasteiger partial charge in [-0.15, -0.1) is 0 Å². The zero-order chi connectivity index (χ0) is 14.1. The summed E-state index contributed by atoms with van der Waals surface area (Å²) in [7, 11) is 0. The summed E-state index contributed by atoms with van der Waals surface area (Å²) in [4.78, 5) is 23.0. The largest absolute Gasteiger partial charge is 0.480 e. The molecule has 1 aliphatic carbocycles. The molecular weight excluding hydrogens is 230 g/mol. The van der Waals surface area contributed by atoms with E-state index in [1.54, 1.807) is 0 Å². The number of amides is 1.